The molecule has 4 rings (SSSR count). The molecule has 0 unspecified atom stereocenters. The molecule has 1 aliphatic rings. The Hall–Kier alpha value is -2.60. The van der Waals surface area contributed by atoms with Crippen LogP contribution in [-0.4, -0.2) is 35.2 Å². The Labute approximate surface area is 166 Å². The van der Waals surface area contributed by atoms with Gasteiger partial charge in [0.05, 0.1) is 11.3 Å². The number of carbonyl (C=O) groups excluding carboxylic acids is 1. The number of amides is 1. The number of H-pyrrole nitrogens is 1. The van der Waals surface area contributed by atoms with E-state index in [0.717, 1.165) is 47.5 Å². The van der Waals surface area contributed by atoms with Crippen LogP contribution in [0.5, 0.6) is 0 Å². The molecule has 2 aromatic carbocycles. The molecule has 1 aromatic heterocycles. The van der Waals surface area contributed by atoms with Gasteiger partial charge in [-0.2, -0.15) is 5.10 Å². The monoisotopic (exact) mass is 424 g/mol. The standard InChI is InChI=1S/C21H21BrN4O/c22-18-11-5-4-10-17(18)21(27)23-16-9-6-12-26(14-16)20-13-19(24-25-20)15-7-2-1-3-8-15/h1-5,7-8,10-11,13,16H,6,9,12,14H2,(H,23,27)(H,24,25)/t16-/m1/s1. The van der Waals surface area contributed by atoms with E-state index in [1.165, 1.54) is 0 Å². The van der Waals surface area contributed by atoms with Gasteiger partial charge in [-0.05, 0) is 46.5 Å². The molecule has 138 valence electrons. The number of nitrogens with zero attached hydrogens (tertiary/aromatic N) is 2. The van der Waals surface area contributed by atoms with E-state index in [1.54, 1.807) is 0 Å². The van der Waals surface area contributed by atoms with Crippen molar-refractivity contribution >= 4 is 27.7 Å². The fraction of sp³-hybridized carbons (Fsp3) is 0.238. The summed E-state index contributed by atoms with van der Waals surface area (Å²) in [6.07, 6.45) is 2.00. The molecule has 0 spiro atoms. The highest BCUT2D eigenvalue weighted by molar-refractivity contribution is 9.10. The van der Waals surface area contributed by atoms with Crippen LogP contribution in [0.1, 0.15) is 23.2 Å². The Morgan fingerprint density at radius 2 is 1.93 bits per heavy atom. The minimum Gasteiger partial charge on any atom is -0.353 e. The molecule has 27 heavy (non-hydrogen) atoms. The predicted octanol–water partition coefficient (Wildman–Crippen LogP) is 4.24. The van der Waals surface area contributed by atoms with Gasteiger partial charge in [0.1, 0.15) is 0 Å². The maximum atomic E-state index is 12.6. The number of anilines is 1. The summed E-state index contributed by atoms with van der Waals surface area (Å²) in [6.45, 7) is 1.70. The van der Waals surface area contributed by atoms with Crippen molar-refractivity contribution in [3.05, 3.63) is 70.7 Å². The molecule has 3 aromatic rings. The van der Waals surface area contributed by atoms with Crippen LogP contribution in [0.15, 0.2) is 65.1 Å². The fourth-order valence-electron chi connectivity index (χ4n) is 3.45. The van der Waals surface area contributed by atoms with Crippen LogP contribution < -0.4 is 10.2 Å². The van der Waals surface area contributed by atoms with Gasteiger partial charge in [0.25, 0.3) is 5.91 Å². The number of hydrogen-bond acceptors (Lipinski definition) is 3. The first-order chi connectivity index (χ1) is 13.2. The van der Waals surface area contributed by atoms with Gasteiger partial charge in [0.2, 0.25) is 0 Å². The van der Waals surface area contributed by atoms with Gasteiger partial charge in [-0.1, -0.05) is 42.5 Å². The normalized spacial score (nSPS) is 16.9. The van der Waals surface area contributed by atoms with Crippen molar-refractivity contribution in [1.82, 2.24) is 15.5 Å². The van der Waals surface area contributed by atoms with E-state index in [4.69, 9.17) is 0 Å². The van der Waals surface area contributed by atoms with Crippen molar-refractivity contribution < 1.29 is 4.79 Å². The molecule has 5 nitrogen and oxygen atoms in total. The van der Waals surface area contributed by atoms with Crippen molar-refractivity contribution in [2.75, 3.05) is 18.0 Å². The summed E-state index contributed by atoms with van der Waals surface area (Å²) in [4.78, 5) is 14.8. The number of rotatable bonds is 4. The van der Waals surface area contributed by atoms with Gasteiger partial charge < -0.3 is 10.2 Å². The Morgan fingerprint density at radius 3 is 2.74 bits per heavy atom. The van der Waals surface area contributed by atoms with E-state index >= 15 is 0 Å². The van der Waals surface area contributed by atoms with Crippen LogP contribution in [0.3, 0.4) is 0 Å². The minimum atomic E-state index is -0.0404. The summed E-state index contributed by atoms with van der Waals surface area (Å²) in [5.74, 6) is 0.884. The van der Waals surface area contributed by atoms with Crippen LogP contribution in [0.4, 0.5) is 5.82 Å². The SMILES string of the molecule is O=C(N[C@@H]1CCCN(c2cc(-c3ccccc3)[nH]n2)C1)c1ccccc1Br. The highest BCUT2D eigenvalue weighted by Gasteiger charge is 2.24. The second kappa shape index (κ2) is 7.96. The smallest absolute Gasteiger partial charge is 0.252 e. The lowest BCUT2D eigenvalue weighted by Crippen LogP contribution is -2.48. The molecule has 2 heterocycles. The summed E-state index contributed by atoms with van der Waals surface area (Å²) in [6, 6.07) is 19.9. The summed E-state index contributed by atoms with van der Waals surface area (Å²) < 4.78 is 0.815. The van der Waals surface area contributed by atoms with Gasteiger partial charge in [0, 0.05) is 29.7 Å². The molecule has 0 saturated carbocycles. The zero-order valence-corrected chi connectivity index (χ0v) is 16.4. The molecule has 1 fully saturated rings. The lowest BCUT2D eigenvalue weighted by molar-refractivity contribution is 0.0932. The number of aromatic nitrogens is 2. The van der Waals surface area contributed by atoms with Gasteiger partial charge in [0.15, 0.2) is 5.82 Å². The predicted molar refractivity (Wildman–Crippen MR) is 111 cm³/mol. The van der Waals surface area contributed by atoms with E-state index in [0.29, 0.717) is 5.56 Å². The minimum absolute atomic E-state index is 0.0404. The number of halogens is 1. The number of nitrogens with one attached hydrogen (secondary N) is 2. The molecule has 0 aliphatic carbocycles. The molecule has 1 saturated heterocycles. The summed E-state index contributed by atoms with van der Waals surface area (Å²) in [5, 5.41) is 10.8. The number of piperidine rings is 1. The van der Waals surface area contributed by atoms with Crippen molar-refractivity contribution in [2.45, 2.75) is 18.9 Å². The molecule has 1 atom stereocenters. The number of benzene rings is 2. The first-order valence-corrected chi connectivity index (χ1v) is 9.91. The Morgan fingerprint density at radius 1 is 1.15 bits per heavy atom. The summed E-state index contributed by atoms with van der Waals surface area (Å²) in [7, 11) is 0. The van der Waals surface area contributed by atoms with Crippen LogP contribution in [0.2, 0.25) is 0 Å². The number of hydrogen-bond donors (Lipinski definition) is 2. The molecular weight excluding hydrogens is 404 g/mol. The van der Waals surface area contributed by atoms with Crippen molar-refractivity contribution in [3.63, 3.8) is 0 Å². The van der Waals surface area contributed by atoms with E-state index in [1.807, 2.05) is 42.5 Å². The maximum absolute atomic E-state index is 12.6. The van der Waals surface area contributed by atoms with Gasteiger partial charge in [-0.15, -0.1) is 0 Å². The lowest BCUT2D eigenvalue weighted by Gasteiger charge is -2.33. The molecule has 1 amide bonds. The Kier molecular flexibility index (Phi) is 5.25. The maximum Gasteiger partial charge on any atom is 0.252 e. The second-order valence-corrected chi connectivity index (χ2v) is 7.60. The topological polar surface area (TPSA) is 61.0 Å². The summed E-state index contributed by atoms with van der Waals surface area (Å²) >= 11 is 3.45. The van der Waals surface area contributed by atoms with Crippen LogP contribution >= 0.6 is 15.9 Å². The molecule has 0 bridgehead atoms. The quantitative estimate of drug-likeness (QED) is 0.658. The van der Waals surface area contributed by atoms with Crippen molar-refractivity contribution in [2.24, 2.45) is 0 Å². The lowest BCUT2D eigenvalue weighted by atomic mass is 10.0. The number of carbonyl (C=O) groups is 1. The average molecular weight is 425 g/mol. The van der Waals surface area contributed by atoms with Gasteiger partial charge in [-0.3, -0.25) is 9.89 Å². The molecule has 1 aliphatic heterocycles. The third-order valence-corrected chi connectivity index (χ3v) is 5.54. The number of aromatic amines is 1. The van der Waals surface area contributed by atoms with E-state index in [2.05, 4.69) is 54.5 Å². The highest BCUT2D eigenvalue weighted by atomic mass is 79.9. The fourth-order valence-corrected chi connectivity index (χ4v) is 3.92. The van der Waals surface area contributed by atoms with Crippen LogP contribution in [-0.2, 0) is 0 Å². The van der Waals surface area contributed by atoms with Gasteiger partial charge in [-0.25, -0.2) is 0 Å². The molecule has 2 N–H and O–H groups in total. The van der Waals surface area contributed by atoms with Crippen molar-refractivity contribution in [3.8, 4) is 11.3 Å². The van der Waals surface area contributed by atoms with E-state index < -0.39 is 0 Å². The first kappa shape index (κ1) is 17.8. The molecule has 0 radical (unpaired) electrons. The Bertz CT molecular complexity index is 925. The first-order valence-electron chi connectivity index (χ1n) is 9.12. The third-order valence-electron chi connectivity index (χ3n) is 4.85. The van der Waals surface area contributed by atoms with Gasteiger partial charge >= 0.3 is 0 Å². The van der Waals surface area contributed by atoms with E-state index in [9.17, 15) is 4.79 Å². The second-order valence-electron chi connectivity index (χ2n) is 6.74. The zero-order chi connectivity index (χ0) is 18.6. The zero-order valence-electron chi connectivity index (χ0n) is 14.9. The third kappa shape index (κ3) is 4.06. The van der Waals surface area contributed by atoms with Crippen molar-refractivity contribution in [1.29, 1.82) is 0 Å². The Balaban J connectivity index is 1.43. The van der Waals surface area contributed by atoms with Crippen LogP contribution in [0.25, 0.3) is 11.3 Å². The largest absolute Gasteiger partial charge is 0.353 e. The highest BCUT2D eigenvalue weighted by Crippen LogP contribution is 2.24. The average Bonchev–Trinajstić information content (AvgIpc) is 3.19. The van der Waals surface area contributed by atoms with Crippen LogP contribution in [0, 0.1) is 0 Å². The van der Waals surface area contributed by atoms with E-state index in [-0.39, 0.29) is 11.9 Å². The summed E-state index contributed by atoms with van der Waals surface area (Å²) in [5.41, 5.74) is 2.79. The molecule has 6 heteroatoms. The molecular formula is C21H21BrN4O.